The van der Waals surface area contributed by atoms with Gasteiger partial charge in [-0.05, 0) is 24.3 Å². The van der Waals surface area contributed by atoms with Gasteiger partial charge in [0.25, 0.3) is 0 Å². The Balaban J connectivity index is 2.22. The van der Waals surface area contributed by atoms with E-state index >= 15 is 0 Å². The highest BCUT2D eigenvalue weighted by Crippen LogP contribution is 2.22. The molecular weight excluding hydrogens is 288 g/mol. The van der Waals surface area contributed by atoms with Crippen LogP contribution in [0.3, 0.4) is 0 Å². The zero-order valence-corrected chi connectivity index (χ0v) is 11.2. The minimum Gasteiger partial charge on any atom is -0.281 e. The minimum atomic E-state index is -3.73. The molecule has 0 fully saturated rings. The summed E-state index contributed by atoms with van der Waals surface area (Å²) in [5, 5.41) is 15.1. The minimum absolute atomic E-state index is 0.0103. The number of hydrogen-bond acceptors (Lipinski definition) is 4. The van der Waals surface area contributed by atoms with Crippen molar-refractivity contribution in [2.45, 2.75) is 11.4 Å². The van der Waals surface area contributed by atoms with E-state index in [1.165, 1.54) is 24.4 Å². The van der Waals surface area contributed by atoms with Gasteiger partial charge in [-0.3, -0.25) is 5.10 Å². The molecule has 6 nitrogen and oxygen atoms in total. The first-order valence-corrected chi connectivity index (χ1v) is 7.06. The van der Waals surface area contributed by atoms with Crippen molar-refractivity contribution in [2.75, 3.05) is 0 Å². The van der Waals surface area contributed by atoms with Gasteiger partial charge in [0.15, 0.2) is 0 Å². The molecule has 0 bridgehead atoms. The highest BCUT2D eigenvalue weighted by Gasteiger charge is 2.18. The summed E-state index contributed by atoms with van der Waals surface area (Å²) in [6, 6.07) is 7.56. The van der Waals surface area contributed by atoms with Crippen molar-refractivity contribution in [3.8, 4) is 6.07 Å². The zero-order valence-electron chi connectivity index (χ0n) is 9.59. The van der Waals surface area contributed by atoms with Crippen LogP contribution in [0.25, 0.3) is 0 Å². The second-order valence-electron chi connectivity index (χ2n) is 3.66. The molecule has 8 heteroatoms. The molecule has 19 heavy (non-hydrogen) atoms. The Kier molecular flexibility index (Phi) is 3.85. The summed E-state index contributed by atoms with van der Waals surface area (Å²) in [4.78, 5) is -0.0623. The monoisotopic (exact) mass is 296 g/mol. The van der Waals surface area contributed by atoms with Crippen LogP contribution in [-0.2, 0) is 16.6 Å². The number of rotatable bonds is 4. The molecule has 98 valence electrons. The van der Waals surface area contributed by atoms with Gasteiger partial charge >= 0.3 is 0 Å². The molecule has 0 aliphatic rings. The van der Waals surface area contributed by atoms with Crippen LogP contribution in [0, 0.1) is 11.3 Å². The van der Waals surface area contributed by atoms with Gasteiger partial charge in [-0.25, -0.2) is 13.1 Å². The SMILES string of the molecule is N#Cc1ccc(S(=O)(=O)NCc2ccn[nH]2)c(Cl)c1. The molecule has 0 atom stereocenters. The van der Waals surface area contributed by atoms with Crippen molar-refractivity contribution >= 4 is 21.6 Å². The maximum Gasteiger partial charge on any atom is 0.242 e. The first kappa shape index (κ1) is 13.5. The number of nitrogens with zero attached hydrogens (tertiary/aromatic N) is 2. The third-order valence-corrected chi connectivity index (χ3v) is 4.25. The molecule has 0 radical (unpaired) electrons. The molecular formula is C11H9ClN4O2S. The van der Waals surface area contributed by atoms with Gasteiger partial charge in [-0.1, -0.05) is 11.6 Å². The number of aromatic nitrogens is 2. The van der Waals surface area contributed by atoms with E-state index in [9.17, 15) is 8.42 Å². The second-order valence-corrected chi connectivity index (χ2v) is 5.81. The number of nitrogens with one attached hydrogen (secondary N) is 2. The Morgan fingerprint density at radius 2 is 2.21 bits per heavy atom. The summed E-state index contributed by atoms with van der Waals surface area (Å²) in [6.07, 6.45) is 1.53. The van der Waals surface area contributed by atoms with Gasteiger partial charge in [-0.15, -0.1) is 0 Å². The van der Waals surface area contributed by atoms with E-state index in [1.807, 2.05) is 6.07 Å². The van der Waals surface area contributed by atoms with E-state index in [1.54, 1.807) is 6.07 Å². The van der Waals surface area contributed by atoms with Gasteiger partial charge in [0.2, 0.25) is 10.0 Å². The largest absolute Gasteiger partial charge is 0.281 e. The van der Waals surface area contributed by atoms with Crippen LogP contribution in [0.5, 0.6) is 0 Å². The Labute approximate surface area is 115 Å². The van der Waals surface area contributed by atoms with Crippen molar-refractivity contribution in [3.05, 3.63) is 46.7 Å². The van der Waals surface area contributed by atoms with Crippen LogP contribution >= 0.6 is 11.6 Å². The molecule has 2 N–H and O–H groups in total. The second kappa shape index (κ2) is 5.40. The number of nitriles is 1. The number of hydrogen-bond donors (Lipinski definition) is 2. The van der Waals surface area contributed by atoms with Crippen molar-refractivity contribution in [1.29, 1.82) is 5.26 Å². The number of benzene rings is 1. The van der Waals surface area contributed by atoms with Crippen LogP contribution < -0.4 is 4.72 Å². The van der Waals surface area contributed by atoms with Gasteiger partial charge in [-0.2, -0.15) is 10.4 Å². The summed E-state index contributed by atoms with van der Waals surface area (Å²) in [6.45, 7) is 0.0820. The molecule has 0 aliphatic heterocycles. The number of aromatic amines is 1. The molecule has 0 saturated carbocycles. The molecule has 0 amide bonds. The van der Waals surface area contributed by atoms with Crippen LogP contribution in [-0.4, -0.2) is 18.6 Å². The lowest BCUT2D eigenvalue weighted by molar-refractivity contribution is 0.580. The molecule has 0 saturated heterocycles. The standard InChI is InChI=1S/C11H9ClN4O2S/c12-10-5-8(6-13)1-2-11(10)19(17,18)15-7-9-3-4-14-16-9/h1-5,15H,7H2,(H,14,16). The summed E-state index contributed by atoms with van der Waals surface area (Å²) >= 11 is 5.86. The van der Waals surface area contributed by atoms with E-state index in [0.29, 0.717) is 11.3 Å². The average Bonchev–Trinajstić information content (AvgIpc) is 2.89. The van der Waals surface area contributed by atoms with Crippen LogP contribution in [0.4, 0.5) is 0 Å². The van der Waals surface area contributed by atoms with E-state index < -0.39 is 10.0 Å². The molecule has 1 aromatic heterocycles. The van der Waals surface area contributed by atoms with Gasteiger partial charge in [0.1, 0.15) is 4.90 Å². The fourth-order valence-corrected chi connectivity index (χ4v) is 2.97. The van der Waals surface area contributed by atoms with Crippen molar-refractivity contribution in [1.82, 2.24) is 14.9 Å². The number of halogens is 1. The third-order valence-electron chi connectivity index (χ3n) is 2.36. The molecule has 2 aromatic rings. The molecule has 1 aromatic carbocycles. The topological polar surface area (TPSA) is 98.6 Å². The smallest absolute Gasteiger partial charge is 0.242 e. The predicted octanol–water partition coefficient (Wildman–Crippen LogP) is 1.41. The molecule has 1 heterocycles. The normalized spacial score (nSPS) is 11.2. The lowest BCUT2D eigenvalue weighted by Crippen LogP contribution is -2.23. The molecule has 0 aliphatic carbocycles. The van der Waals surface area contributed by atoms with Crippen molar-refractivity contribution in [2.24, 2.45) is 0 Å². The molecule has 0 spiro atoms. The molecule has 2 rings (SSSR count). The fourth-order valence-electron chi connectivity index (χ4n) is 1.42. The summed E-state index contributed by atoms with van der Waals surface area (Å²) in [5.74, 6) is 0. The van der Waals surface area contributed by atoms with Gasteiger partial charge in [0, 0.05) is 6.20 Å². The zero-order chi connectivity index (χ0) is 13.9. The van der Waals surface area contributed by atoms with Crippen LogP contribution in [0.1, 0.15) is 11.3 Å². The van der Waals surface area contributed by atoms with Gasteiger partial charge in [0.05, 0.1) is 28.9 Å². The van der Waals surface area contributed by atoms with E-state index in [4.69, 9.17) is 16.9 Å². The Hall–Kier alpha value is -1.88. The highest BCUT2D eigenvalue weighted by atomic mass is 35.5. The van der Waals surface area contributed by atoms with Gasteiger partial charge < -0.3 is 0 Å². The van der Waals surface area contributed by atoms with Crippen LogP contribution in [0.2, 0.25) is 5.02 Å². The first-order valence-electron chi connectivity index (χ1n) is 5.20. The number of sulfonamides is 1. The third kappa shape index (κ3) is 3.12. The summed E-state index contributed by atoms with van der Waals surface area (Å²) in [7, 11) is -3.73. The Morgan fingerprint density at radius 1 is 1.42 bits per heavy atom. The lowest BCUT2D eigenvalue weighted by Gasteiger charge is -2.07. The summed E-state index contributed by atoms with van der Waals surface area (Å²) < 4.78 is 26.5. The first-order chi connectivity index (χ1) is 9.03. The summed E-state index contributed by atoms with van der Waals surface area (Å²) in [5.41, 5.74) is 0.936. The quantitative estimate of drug-likeness (QED) is 0.891. The van der Waals surface area contributed by atoms with Crippen LogP contribution in [0.15, 0.2) is 35.4 Å². The Morgan fingerprint density at radius 3 is 2.79 bits per heavy atom. The fraction of sp³-hybridized carbons (Fsp3) is 0.0909. The van der Waals surface area contributed by atoms with E-state index in [0.717, 1.165) is 0 Å². The lowest BCUT2D eigenvalue weighted by atomic mass is 10.2. The Bertz CT molecular complexity index is 720. The van der Waals surface area contributed by atoms with E-state index in [2.05, 4.69) is 14.9 Å². The number of H-pyrrole nitrogens is 1. The maximum atomic E-state index is 12.0. The van der Waals surface area contributed by atoms with E-state index in [-0.39, 0.29) is 16.5 Å². The maximum absolute atomic E-state index is 12.0. The highest BCUT2D eigenvalue weighted by molar-refractivity contribution is 7.89. The van der Waals surface area contributed by atoms with Crippen molar-refractivity contribution in [3.63, 3.8) is 0 Å². The average molecular weight is 297 g/mol. The predicted molar refractivity (Wildman–Crippen MR) is 68.8 cm³/mol. The van der Waals surface area contributed by atoms with Crippen molar-refractivity contribution < 1.29 is 8.42 Å². The molecule has 0 unspecified atom stereocenters.